The van der Waals surface area contributed by atoms with Gasteiger partial charge in [-0.1, -0.05) is 6.08 Å². The number of hydrogen-bond donors (Lipinski definition) is 0. The lowest BCUT2D eigenvalue weighted by Gasteiger charge is -2.15. The summed E-state index contributed by atoms with van der Waals surface area (Å²) in [5.74, 6) is 1.38. The Bertz CT molecular complexity index is 905. The molecule has 0 bridgehead atoms. The second-order valence-corrected chi connectivity index (χ2v) is 6.98. The molecule has 2 aliphatic heterocycles. The van der Waals surface area contributed by atoms with Gasteiger partial charge in [-0.05, 0) is 70.4 Å². The predicted molar refractivity (Wildman–Crippen MR) is 102 cm³/mol. The van der Waals surface area contributed by atoms with Crippen molar-refractivity contribution in [1.29, 1.82) is 0 Å². The van der Waals surface area contributed by atoms with Gasteiger partial charge in [0.05, 0.1) is 4.47 Å². The van der Waals surface area contributed by atoms with Gasteiger partial charge in [0.1, 0.15) is 0 Å². The van der Waals surface area contributed by atoms with Crippen molar-refractivity contribution >= 4 is 39.4 Å². The van der Waals surface area contributed by atoms with Gasteiger partial charge in [-0.25, -0.2) is 0 Å². The molecule has 0 spiro atoms. The van der Waals surface area contributed by atoms with E-state index in [-0.39, 0.29) is 18.5 Å². The normalized spacial score (nSPS) is 15.9. The molecule has 2 heterocycles. The molecule has 2 aromatic rings. The number of halogens is 1. The van der Waals surface area contributed by atoms with E-state index in [2.05, 4.69) is 15.9 Å². The number of amides is 1. The van der Waals surface area contributed by atoms with Gasteiger partial charge in [0.25, 0.3) is 0 Å². The molecule has 0 radical (unpaired) electrons. The number of carbonyl (C=O) groups excluding carboxylic acids is 2. The van der Waals surface area contributed by atoms with Crippen LogP contribution in [-0.2, 0) is 4.79 Å². The Balaban J connectivity index is 1.49. The van der Waals surface area contributed by atoms with Gasteiger partial charge in [0.2, 0.25) is 12.7 Å². The zero-order valence-electron chi connectivity index (χ0n) is 13.9. The average Bonchev–Trinajstić information content (AvgIpc) is 3.29. The SMILES string of the molecule is O=C(/C=C/c1cc(Br)c2c(c1)OCO2)c1ccc(N2CCCC2=O)cc1. The molecule has 6 heteroatoms. The second-order valence-electron chi connectivity index (χ2n) is 6.13. The van der Waals surface area contributed by atoms with Gasteiger partial charge in [-0.2, -0.15) is 0 Å². The first-order chi connectivity index (χ1) is 12.6. The summed E-state index contributed by atoms with van der Waals surface area (Å²) in [5.41, 5.74) is 2.26. The summed E-state index contributed by atoms with van der Waals surface area (Å²) >= 11 is 3.44. The number of ether oxygens (including phenoxy) is 2. The van der Waals surface area contributed by atoms with E-state index in [0.29, 0.717) is 23.5 Å². The lowest BCUT2D eigenvalue weighted by molar-refractivity contribution is -0.117. The third-order valence-electron chi connectivity index (χ3n) is 4.41. The van der Waals surface area contributed by atoms with E-state index in [1.54, 1.807) is 23.1 Å². The molecule has 1 saturated heterocycles. The average molecular weight is 414 g/mol. The van der Waals surface area contributed by atoms with E-state index in [4.69, 9.17) is 9.47 Å². The van der Waals surface area contributed by atoms with Crippen molar-refractivity contribution in [3.05, 3.63) is 58.1 Å². The van der Waals surface area contributed by atoms with Crippen LogP contribution in [0.5, 0.6) is 11.5 Å². The van der Waals surface area contributed by atoms with Gasteiger partial charge < -0.3 is 14.4 Å². The molecule has 26 heavy (non-hydrogen) atoms. The van der Waals surface area contributed by atoms with Gasteiger partial charge in [0.15, 0.2) is 17.3 Å². The fraction of sp³-hybridized carbons (Fsp3) is 0.200. The molecule has 0 atom stereocenters. The first-order valence-electron chi connectivity index (χ1n) is 8.34. The fourth-order valence-electron chi connectivity index (χ4n) is 3.08. The van der Waals surface area contributed by atoms with Crippen molar-refractivity contribution < 1.29 is 19.1 Å². The van der Waals surface area contributed by atoms with Crippen molar-refractivity contribution in [3.8, 4) is 11.5 Å². The molecule has 1 amide bonds. The number of hydrogen-bond acceptors (Lipinski definition) is 4. The molecular weight excluding hydrogens is 398 g/mol. The number of allylic oxidation sites excluding steroid dienone is 1. The molecule has 4 rings (SSSR count). The Labute approximate surface area is 159 Å². The number of rotatable bonds is 4. The second kappa shape index (κ2) is 6.96. The maximum Gasteiger partial charge on any atom is 0.231 e. The number of ketones is 1. The molecule has 0 N–H and O–H groups in total. The molecule has 5 nitrogen and oxygen atoms in total. The Hall–Kier alpha value is -2.60. The van der Waals surface area contributed by atoms with Crippen molar-refractivity contribution in [2.24, 2.45) is 0 Å². The number of carbonyl (C=O) groups is 2. The van der Waals surface area contributed by atoms with Crippen LogP contribution in [0.3, 0.4) is 0 Å². The Kier molecular flexibility index (Phi) is 4.51. The molecule has 0 aromatic heterocycles. The highest BCUT2D eigenvalue weighted by molar-refractivity contribution is 9.10. The van der Waals surface area contributed by atoms with E-state index in [1.807, 2.05) is 24.3 Å². The van der Waals surface area contributed by atoms with E-state index in [0.717, 1.165) is 28.7 Å². The molecule has 132 valence electrons. The van der Waals surface area contributed by atoms with Gasteiger partial charge in [-0.3, -0.25) is 9.59 Å². The molecule has 1 fully saturated rings. The van der Waals surface area contributed by atoms with Crippen LogP contribution >= 0.6 is 15.9 Å². The zero-order chi connectivity index (χ0) is 18.1. The summed E-state index contributed by atoms with van der Waals surface area (Å²) in [7, 11) is 0. The summed E-state index contributed by atoms with van der Waals surface area (Å²) < 4.78 is 11.5. The monoisotopic (exact) mass is 413 g/mol. The minimum Gasteiger partial charge on any atom is -0.454 e. The minimum absolute atomic E-state index is 0.0990. The molecule has 0 aliphatic carbocycles. The van der Waals surface area contributed by atoms with Crippen LogP contribution in [0.1, 0.15) is 28.8 Å². The third kappa shape index (κ3) is 3.24. The van der Waals surface area contributed by atoms with Crippen LogP contribution in [-0.4, -0.2) is 25.0 Å². The van der Waals surface area contributed by atoms with Gasteiger partial charge in [-0.15, -0.1) is 0 Å². The number of anilines is 1. The zero-order valence-corrected chi connectivity index (χ0v) is 15.5. The maximum atomic E-state index is 12.4. The number of nitrogens with zero attached hydrogens (tertiary/aromatic N) is 1. The Morgan fingerprint density at radius 2 is 1.96 bits per heavy atom. The molecule has 2 aromatic carbocycles. The molecule has 0 saturated carbocycles. The lowest BCUT2D eigenvalue weighted by Crippen LogP contribution is -2.23. The number of fused-ring (bicyclic) bond motifs is 1. The quantitative estimate of drug-likeness (QED) is 0.556. The maximum absolute atomic E-state index is 12.4. The van der Waals surface area contributed by atoms with Crippen molar-refractivity contribution in [2.75, 3.05) is 18.2 Å². The first kappa shape index (κ1) is 16.8. The van der Waals surface area contributed by atoms with Crippen LogP contribution in [0.4, 0.5) is 5.69 Å². The van der Waals surface area contributed by atoms with Crippen LogP contribution in [0.2, 0.25) is 0 Å². The van der Waals surface area contributed by atoms with Crippen LogP contribution in [0.15, 0.2) is 46.9 Å². The standard InChI is InChI=1S/C20H16BrNO4/c21-16-10-13(11-18-20(16)26-12-25-18)3-8-17(23)14-4-6-15(7-5-14)22-9-1-2-19(22)24/h3-8,10-11H,1-2,9,12H2/b8-3+. The van der Waals surface area contributed by atoms with Gasteiger partial charge in [0, 0.05) is 24.2 Å². The Morgan fingerprint density at radius 3 is 2.69 bits per heavy atom. The van der Waals surface area contributed by atoms with Crippen LogP contribution in [0.25, 0.3) is 6.08 Å². The summed E-state index contributed by atoms with van der Waals surface area (Å²) in [6.45, 7) is 0.941. The fourth-order valence-corrected chi connectivity index (χ4v) is 3.65. The predicted octanol–water partition coefficient (Wildman–Crippen LogP) is 4.20. The minimum atomic E-state index is -0.0990. The van der Waals surface area contributed by atoms with Crippen molar-refractivity contribution in [1.82, 2.24) is 0 Å². The first-order valence-corrected chi connectivity index (χ1v) is 9.13. The highest BCUT2D eigenvalue weighted by Gasteiger charge is 2.21. The topological polar surface area (TPSA) is 55.8 Å². The highest BCUT2D eigenvalue weighted by atomic mass is 79.9. The van der Waals surface area contributed by atoms with E-state index < -0.39 is 0 Å². The van der Waals surface area contributed by atoms with Crippen molar-refractivity contribution in [3.63, 3.8) is 0 Å². The largest absolute Gasteiger partial charge is 0.454 e. The number of benzene rings is 2. The molecular formula is C20H16BrNO4. The summed E-state index contributed by atoms with van der Waals surface area (Å²) in [4.78, 5) is 25.9. The Morgan fingerprint density at radius 1 is 1.15 bits per heavy atom. The lowest BCUT2D eigenvalue weighted by atomic mass is 10.1. The summed E-state index contributed by atoms with van der Waals surface area (Å²) in [5, 5.41) is 0. The van der Waals surface area contributed by atoms with Crippen LogP contribution in [0, 0.1) is 0 Å². The molecule has 2 aliphatic rings. The van der Waals surface area contributed by atoms with Crippen molar-refractivity contribution in [2.45, 2.75) is 12.8 Å². The third-order valence-corrected chi connectivity index (χ3v) is 5.00. The van der Waals surface area contributed by atoms with E-state index in [9.17, 15) is 9.59 Å². The summed E-state index contributed by atoms with van der Waals surface area (Å²) in [6, 6.07) is 10.9. The van der Waals surface area contributed by atoms with Gasteiger partial charge >= 0.3 is 0 Å². The van der Waals surface area contributed by atoms with E-state index >= 15 is 0 Å². The van der Waals surface area contributed by atoms with Crippen LogP contribution < -0.4 is 14.4 Å². The highest BCUT2D eigenvalue weighted by Crippen LogP contribution is 2.40. The van der Waals surface area contributed by atoms with E-state index in [1.165, 1.54) is 6.08 Å². The smallest absolute Gasteiger partial charge is 0.231 e. The summed E-state index contributed by atoms with van der Waals surface area (Å²) in [6.07, 6.45) is 4.74. The molecule has 0 unspecified atom stereocenters.